The van der Waals surface area contributed by atoms with E-state index < -0.39 is 78.5 Å². The van der Waals surface area contributed by atoms with E-state index in [1.54, 1.807) is 20.0 Å². The maximum absolute atomic E-state index is 13.1. The lowest BCUT2D eigenvalue weighted by Crippen LogP contribution is -2.59. The number of nitrogens with two attached hydrogens (primary N) is 2. The van der Waals surface area contributed by atoms with E-state index in [-0.39, 0.29) is 6.42 Å². The number of aliphatic carboxylic acids is 2. The van der Waals surface area contributed by atoms with Gasteiger partial charge in [-0.25, -0.2) is 4.79 Å². The highest BCUT2D eigenvalue weighted by atomic mass is 16.4. The van der Waals surface area contributed by atoms with Gasteiger partial charge in [-0.3, -0.25) is 24.0 Å². The van der Waals surface area contributed by atoms with Gasteiger partial charge in [0.2, 0.25) is 23.6 Å². The first-order valence-electron chi connectivity index (χ1n) is 12.3. The van der Waals surface area contributed by atoms with E-state index in [1.807, 2.05) is 24.3 Å². The fourth-order valence-corrected chi connectivity index (χ4v) is 3.91. The Labute approximate surface area is 223 Å². The summed E-state index contributed by atoms with van der Waals surface area (Å²) < 4.78 is 0. The van der Waals surface area contributed by atoms with Gasteiger partial charge >= 0.3 is 11.9 Å². The van der Waals surface area contributed by atoms with Gasteiger partial charge in [0.05, 0.1) is 18.9 Å². The Hall–Kier alpha value is -4.46. The van der Waals surface area contributed by atoms with Crippen LogP contribution in [0.3, 0.4) is 0 Å². The summed E-state index contributed by atoms with van der Waals surface area (Å²) in [4.78, 5) is 75.9. The molecule has 0 saturated carbocycles. The van der Waals surface area contributed by atoms with E-state index in [0.29, 0.717) is 6.42 Å². The number of carboxylic acids is 2. The fraction of sp³-hybridized carbons (Fsp3) is 0.440. The quantitative estimate of drug-likeness (QED) is 0.136. The number of rotatable bonds is 15. The van der Waals surface area contributed by atoms with Crippen LogP contribution in [0.1, 0.15) is 38.7 Å². The summed E-state index contributed by atoms with van der Waals surface area (Å²) in [5.74, 6) is -7.04. The highest BCUT2D eigenvalue weighted by molar-refractivity contribution is 5.96. The molecular weight excluding hydrogens is 512 g/mol. The molecule has 1 aromatic heterocycles. The third-order valence-electron chi connectivity index (χ3n) is 6.28. The molecule has 5 atom stereocenters. The minimum absolute atomic E-state index is 0.124. The van der Waals surface area contributed by atoms with Gasteiger partial charge in [0.1, 0.15) is 18.1 Å². The molecule has 2 rings (SSSR count). The molecule has 14 heteroatoms. The van der Waals surface area contributed by atoms with Crippen molar-refractivity contribution in [3.05, 3.63) is 36.0 Å². The van der Waals surface area contributed by atoms with Crippen molar-refractivity contribution in [2.75, 3.05) is 0 Å². The number of carbonyl (C=O) groups is 6. The molecular formula is C25H34N6O8. The monoisotopic (exact) mass is 546 g/mol. The topological polar surface area (TPSA) is 247 Å². The molecule has 14 nitrogen and oxygen atoms in total. The Bertz CT molecular complexity index is 1230. The van der Waals surface area contributed by atoms with Gasteiger partial charge in [-0.15, -0.1) is 0 Å². The number of hydrogen-bond donors (Lipinski definition) is 8. The maximum Gasteiger partial charge on any atom is 0.326 e. The number of amides is 4. The number of benzene rings is 1. The summed E-state index contributed by atoms with van der Waals surface area (Å²) >= 11 is 0. The second-order valence-electron chi connectivity index (χ2n) is 9.27. The summed E-state index contributed by atoms with van der Waals surface area (Å²) in [6.45, 7) is 3.33. The van der Waals surface area contributed by atoms with E-state index in [0.717, 1.165) is 16.5 Å². The summed E-state index contributed by atoms with van der Waals surface area (Å²) in [5.41, 5.74) is 13.0. The van der Waals surface area contributed by atoms with E-state index in [1.165, 1.54) is 0 Å². The summed E-state index contributed by atoms with van der Waals surface area (Å²) in [5, 5.41) is 26.0. The number of para-hydroxylation sites is 1. The number of aromatic amines is 1. The van der Waals surface area contributed by atoms with Crippen molar-refractivity contribution < 1.29 is 39.0 Å². The fourth-order valence-electron chi connectivity index (χ4n) is 3.91. The van der Waals surface area contributed by atoms with E-state index >= 15 is 0 Å². The number of carboxylic acid groups (broad SMARTS) is 2. The van der Waals surface area contributed by atoms with Crippen LogP contribution in [0, 0.1) is 5.92 Å². The standard InChI is InChI=1S/C25H34N6O8/c1-3-12(2)21(24(37)30-18(25(38)39)10-20(33)34)31-23(36)17(9-19(27)32)29-22(35)15(26)8-13-11-28-16-7-5-4-6-14(13)16/h4-7,11-12,15,17-18,21,28H,3,8-10,26H2,1-2H3,(H2,27,32)(H,29,35)(H,30,37)(H,31,36)(H,33,34)(H,38,39). The lowest BCUT2D eigenvalue weighted by molar-refractivity contribution is -0.147. The molecule has 4 amide bonds. The van der Waals surface area contributed by atoms with Crippen LogP contribution in [0.4, 0.5) is 0 Å². The molecule has 0 saturated heterocycles. The molecule has 0 radical (unpaired) electrons. The number of aromatic nitrogens is 1. The van der Waals surface area contributed by atoms with Crippen molar-refractivity contribution >= 4 is 46.5 Å². The third kappa shape index (κ3) is 8.81. The molecule has 1 heterocycles. The molecule has 5 unspecified atom stereocenters. The number of fused-ring (bicyclic) bond motifs is 1. The average molecular weight is 547 g/mol. The van der Waals surface area contributed by atoms with Crippen LogP contribution in [0.25, 0.3) is 10.9 Å². The van der Waals surface area contributed by atoms with Gasteiger partial charge in [-0.1, -0.05) is 38.5 Å². The second kappa shape index (κ2) is 13.9. The first-order valence-corrected chi connectivity index (χ1v) is 12.3. The van der Waals surface area contributed by atoms with Crippen LogP contribution in [0.2, 0.25) is 0 Å². The summed E-state index contributed by atoms with van der Waals surface area (Å²) in [6.07, 6.45) is 0.742. The van der Waals surface area contributed by atoms with Crippen molar-refractivity contribution in [3.63, 3.8) is 0 Å². The Morgan fingerprint density at radius 2 is 1.56 bits per heavy atom. The van der Waals surface area contributed by atoms with Gasteiger partial charge < -0.3 is 42.6 Å². The molecule has 0 bridgehead atoms. The molecule has 0 aliphatic carbocycles. The number of H-pyrrole nitrogens is 1. The minimum atomic E-state index is -1.73. The Balaban J connectivity index is 2.16. The lowest BCUT2D eigenvalue weighted by Gasteiger charge is -2.27. The maximum atomic E-state index is 13.1. The molecule has 0 aliphatic rings. The molecule has 1 aromatic carbocycles. The van der Waals surface area contributed by atoms with Gasteiger partial charge in [0.25, 0.3) is 0 Å². The zero-order valence-corrected chi connectivity index (χ0v) is 21.6. The third-order valence-corrected chi connectivity index (χ3v) is 6.28. The van der Waals surface area contributed by atoms with Crippen LogP contribution in [0.5, 0.6) is 0 Å². The predicted octanol–water partition coefficient (Wildman–Crippen LogP) is -1.03. The molecule has 2 aromatic rings. The van der Waals surface area contributed by atoms with Crippen LogP contribution in [-0.4, -0.2) is 74.9 Å². The van der Waals surface area contributed by atoms with Crippen LogP contribution < -0.4 is 27.4 Å². The lowest BCUT2D eigenvalue weighted by atomic mass is 9.97. The molecule has 10 N–H and O–H groups in total. The zero-order chi connectivity index (χ0) is 29.3. The molecule has 0 spiro atoms. The van der Waals surface area contributed by atoms with Crippen LogP contribution >= 0.6 is 0 Å². The number of primary amides is 1. The van der Waals surface area contributed by atoms with Gasteiger partial charge in [-0.2, -0.15) is 0 Å². The van der Waals surface area contributed by atoms with Crippen LogP contribution in [0.15, 0.2) is 30.5 Å². The van der Waals surface area contributed by atoms with Crippen LogP contribution in [-0.2, 0) is 35.2 Å². The summed E-state index contributed by atoms with van der Waals surface area (Å²) in [6, 6.07) is 1.81. The van der Waals surface area contributed by atoms with E-state index in [9.17, 15) is 33.9 Å². The molecule has 0 aliphatic heterocycles. The Morgan fingerprint density at radius 1 is 0.923 bits per heavy atom. The molecule has 0 fully saturated rings. The van der Waals surface area contributed by atoms with E-state index in [2.05, 4.69) is 20.9 Å². The second-order valence-corrected chi connectivity index (χ2v) is 9.27. The largest absolute Gasteiger partial charge is 0.481 e. The number of nitrogens with one attached hydrogen (secondary N) is 4. The van der Waals surface area contributed by atoms with Crippen molar-refractivity contribution in [2.45, 2.75) is 63.7 Å². The van der Waals surface area contributed by atoms with Crippen molar-refractivity contribution in [3.8, 4) is 0 Å². The Kier molecular flexibility index (Phi) is 11.0. The normalized spacial score (nSPS) is 14.8. The smallest absolute Gasteiger partial charge is 0.326 e. The highest BCUT2D eigenvalue weighted by Crippen LogP contribution is 2.19. The first-order chi connectivity index (χ1) is 18.3. The molecule has 212 valence electrons. The SMILES string of the molecule is CCC(C)C(NC(=O)C(CC(N)=O)NC(=O)C(N)Cc1c[nH]c2ccccc12)C(=O)NC(CC(=O)O)C(=O)O. The number of carbonyl (C=O) groups excluding carboxylic acids is 4. The average Bonchev–Trinajstić information content (AvgIpc) is 3.27. The summed E-state index contributed by atoms with van der Waals surface area (Å²) in [7, 11) is 0. The minimum Gasteiger partial charge on any atom is -0.481 e. The first kappa shape index (κ1) is 30.8. The van der Waals surface area contributed by atoms with Gasteiger partial charge in [-0.05, 0) is 24.0 Å². The molecule has 39 heavy (non-hydrogen) atoms. The Morgan fingerprint density at radius 3 is 2.15 bits per heavy atom. The van der Waals surface area contributed by atoms with Crippen molar-refractivity contribution in [1.29, 1.82) is 0 Å². The van der Waals surface area contributed by atoms with E-state index in [4.69, 9.17) is 16.6 Å². The number of hydrogen-bond acceptors (Lipinski definition) is 7. The van der Waals surface area contributed by atoms with Crippen molar-refractivity contribution in [1.82, 2.24) is 20.9 Å². The highest BCUT2D eigenvalue weighted by Gasteiger charge is 2.34. The predicted molar refractivity (Wildman–Crippen MR) is 139 cm³/mol. The van der Waals surface area contributed by atoms with Crippen molar-refractivity contribution in [2.24, 2.45) is 17.4 Å². The van der Waals surface area contributed by atoms with Gasteiger partial charge in [0.15, 0.2) is 0 Å². The zero-order valence-electron chi connectivity index (χ0n) is 21.6. The van der Waals surface area contributed by atoms with Gasteiger partial charge in [0, 0.05) is 17.1 Å².